The average molecular weight is 370 g/mol. The standard InChI is InChI=1S/C23H47NO2/c1-22(19-17-21-24)18-15-13-11-9-7-5-3-2-4-6-8-10-12-14-16-20-23(25)26/h22H,2-21,24H2,1H3,(H,25,26). The monoisotopic (exact) mass is 369 g/mol. The molecule has 0 spiro atoms. The molecule has 0 saturated carbocycles. The van der Waals surface area contributed by atoms with Crippen molar-refractivity contribution in [3.8, 4) is 0 Å². The maximum Gasteiger partial charge on any atom is 0.303 e. The van der Waals surface area contributed by atoms with Crippen LogP contribution >= 0.6 is 0 Å². The fourth-order valence-electron chi connectivity index (χ4n) is 3.68. The van der Waals surface area contributed by atoms with Crippen molar-refractivity contribution < 1.29 is 9.90 Å². The molecule has 1 atom stereocenters. The topological polar surface area (TPSA) is 63.3 Å². The third-order valence-corrected chi connectivity index (χ3v) is 5.49. The SMILES string of the molecule is CC(CCCN)CCCCCCCCCCCCCCCCCC(=O)O. The summed E-state index contributed by atoms with van der Waals surface area (Å²) in [5.41, 5.74) is 5.56. The van der Waals surface area contributed by atoms with Gasteiger partial charge in [-0.25, -0.2) is 0 Å². The summed E-state index contributed by atoms with van der Waals surface area (Å²) in [6.45, 7) is 3.22. The molecule has 0 bridgehead atoms. The van der Waals surface area contributed by atoms with Gasteiger partial charge in [-0.3, -0.25) is 4.79 Å². The molecule has 3 heteroatoms. The summed E-state index contributed by atoms with van der Waals surface area (Å²) in [5.74, 6) is 0.209. The second-order valence-corrected chi connectivity index (χ2v) is 8.27. The van der Waals surface area contributed by atoms with Crippen LogP contribution in [0.1, 0.15) is 129 Å². The first kappa shape index (κ1) is 25.4. The van der Waals surface area contributed by atoms with E-state index in [1.165, 1.54) is 103 Å². The Kier molecular flexibility index (Phi) is 20.3. The number of carboxylic acid groups (broad SMARTS) is 1. The van der Waals surface area contributed by atoms with E-state index in [4.69, 9.17) is 10.8 Å². The van der Waals surface area contributed by atoms with E-state index >= 15 is 0 Å². The minimum absolute atomic E-state index is 0.341. The van der Waals surface area contributed by atoms with Gasteiger partial charge in [-0.05, 0) is 31.7 Å². The molecule has 3 nitrogen and oxygen atoms in total. The van der Waals surface area contributed by atoms with E-state index in [0.29, 0.717) is 6.42 Å². The number of unbranched alkanes of at least 4 members (excludes halogenated alkanes) is 14. The Morgan fingerprint density at radius 1 is 0.654 bits per heavy atom. The van der Waals surface area contributed by atoms with Crippen LogP contribution in [0.15, 0.2) is 0 Å². The molecule has 0 radical (unpaired) electrons. The van der Waals surface area contributed by atoms with Gasteiger partial charge in [0.2, 0.25) is 0 Å². The molecule has 0 aliphatic carbocycles. The fraction of sp³-hybridized carbons (Fsp3) is 0.957. The molecule has 0 aliphatic rings. The van der Waals surface area contributed by atoms with E-state index in [0.717, 1.165) is 25.3 Å². The molecule has 0 rings (SSSR count). The maximum atomic E-state index is 10.4. The van der Waals surface area contributed by atoms with Gasteiger partial charge >= 0.3 is 5.97 Å². The Hall–Kier alpha value is -0.570. The average Bonchev–Trinajstić information content (AvgIpc) is 2.62. The summed E-state index contributed by atoms with van der Waals surface area (Å²) in [5, 5.41) is 8.57. The van der Waals surface area contributed by atoms with Crippen molar-refractivity contribution in [2.24, 2.45) is 11.7 Å². The summed E-state index contributed by atoms with van der Waals surface area (Å²) in [6.07, 6.45) is 24.0. The largest absolute Gasteiger partial charge is 0.481 e. The van der Waals surface area contributed by atoms with Crippen molar-refractivity contribution in [3.63, 3.8) is 0 Å². The predicted molar refractivity (Wildman–Crippen MR) is 114 cm³/mol. The maximum absolute atomic E-state index is 10.4. The second-order valence-electron chi connectivity index (χ2n) is 8.27. The molecule has 0 heterocycles. The van der Waals surface area contributed by atoms with Crippen LogP contribution in [0.2, 0.25) is 0 Å². The number of hydrogen-bond acceptors (Lipinski definition) is 2. The van der Waals surface area contributed by atoms with E-state index in [1.54, 1.807) is 0 Å². The summed E-state index contributed by atoms with van der Waals surface area (Å²) < 4.78 is 0. The van der Waals surface area contributed by atoms with Crippen molar-refractivity contribution in [2.75, 3.05) is 6.54 Å². The van der Waals surface area contributed by atoms with Crippen LogP contribution in [-0.4, -0.2) is 17.6 Å². The summed E-state index contributed by atoms with van der Waals surface area (Å²) in [4.78, 5) is 10.4. The third-order valence-electron chi connectivity index (χ3n) is 5.49. The number of nitrogens with two attached hydrogens (primary N) is 1. The van der Waals surface area contributed by atoms with Gasteiger partial charge < -0.3 is 10.8 Å². The van der Waals surface area contributed by atoms with Crippen LogP contribution in [0.25, 0.3) is 0 Å². The Balaban J connectivity index is 3.06. The fourth-order valence-corrected chi connectivity index (χ4v) is 3.68. The quantitative estimate of drug-likeness (QED) is 0.212. The zero-order valence-corrected chi connectivity index (χ0v) is 17.7. The lowest BCUT2D eigenvalue weighted by Gasteiger charge is -2.10. The molecule has 0 aromatic carbocycles. The van der Waals surface area contributed by atoms with Gasteiger partial charge in [-0.2, -0.15) is 0 Å². The number of rotatable bonds is 21. The minimum atomic E-state index is -0.655. The van der Waals surface area contributed by atoms with Gasteiger partial charge in [-0.1, -0.05) is 103 Å². The lowest BCUT2D eigenvalue weighted by Crippen LogP contribution is -2.02. The van der Waals surface area contributed by atoms with Crippen molar-refractivity contribution in [2.45, 2.75) is 129 Å². The first-order chi connectivity index (χ1) is 12.7. The zero-order valence-electron chi connectivity index (χ0n) is 17.7. The Bertz CT molecular complexity index is 294. The van der Waals surface area contributed by atoms with Gasteiger partial charge in [0.15, 0.2) is 0 Å². The molecular formula is C23H47NO2. The van der Waals surface area contributed by atoms with Crippen LogP contribution in [0.4, 0.5) is 0 Å². The Morgan fingerprint density at radius 2 is 1.00 bits per heavy atom. The number of aliphatic carboxylic acids is 1. The van der Waals surface area contributed by atoms with E-state index in [2.05, 4.69) is 6.92 Å². The first-order valence-electron chi connectivity index (χ1n) is 11.6. The van der Waals surface area contributed by atoms with Crippen LogP contribution in [0.3, 0.4) is 0 Å². The molecule has 3 N–H and O–H groups in total. The Labute approximate surface area is 163 Å². The lowest BCUT2D eigenvalue weighted by atomic mass is 9.97. The van der Waals surface area contributed by atoms with Crippen LogP contribution in [-0.2, 0) is 4.79 Å². The normalized spacial score (nSPS) is 12.4. The summed E-state index contributed by atoms with van der Waals surface area (Å²) >= 11 is 0. The smallest absolute Gasteiger partial charge is 0.303 e. The highest BCUT2D eigenvalue weighted by Crippen LogP contribution is 2.17. The first-order valence-corrected chi connectivity index (χ1v) is 11.6. The van der Waals surface area contributed by atoms with Gasteiger partial charge in [0.1, 0.15) is 0 Å². The van der Waals surface area contributed by atoms with Crippen molar-refractivity contribution in [1.29, 1.82) is 0 Å². The van der Waals surface area contributed by atoms with E-state index in [-0.39, 0.29) is 0 Å². The molecule has 156 valence electrons. The van der Waals surface area contributed by atoms with E-state index in [9.17, 15) is 4.79 Å². The summed E-state index contributed by atoms with van der Waals surface area (Å²) in [6, 6.07) is 0. The zero-order chi connectivity index (χ0) is 19.3. The molecular weight excluding hydrogens is 322 g/mol. The van der Waals surface area contributed by atoms with Crippen molar-refractivity contribution >= 4 is 5.97 Å². The van der Waals surface area contributed by atoms with Crippen LogP contribution in [0, 0.1) is 5.92 Å². The molecule has 0 aliphatic heterocycles. The van der Waals surface area contributed by atoms with Crippen LogP contribution in [0.5, 0.6) is 0 Å². The van der Waals surface area contributed by atoms with Crippen LogP contribution < -0.4 is 5.73 Å². The van der Waals surface area contributed by atoms with Gasteiger partial charge in [0, 0.05) is 6.42 Å². The molecule has 0 aromatic rings. The molecule has 0 saturated heterocycles. The molecule has 0 aromatic heterocycles. The summed E-state index contributed by atoms with van der Waals surface area (Å²) in [7, 11) is 0. The highest BCUT2D eigenvalue weighted by atomic mass is 16.4. The van der Waals surface area contributed by atoms with E-state index < -0.39 is 5.97 Å². The lowest BCUT2D eigenvalue weighted by molar-refractivity contribution is -0.137. The highest BCUT2D eigenvalue weighted by Gasteiger charge is 2.01. The van der Waals surface area contributed by atoms with Gasteiger partial charge in [0.05, 0.1) is 0 Å². The highest BCUT2D eigenvalue weighted by molar-refractivity contribution is 5.66. The third kappa shape index (κ3) is 21.5. The van der Waals surface area contributed by atoms with Gasteiger partial charge in [0.25, 0.3) is 0 Å². The van der Waals surface area contributed by atoms with Crippen molar-refractivity contribution in [1.82, 2.24) is 0 Å². The number of carboxylic acids is 1. The number of carbonyl (C=O) groups is 1. The number of hydrogen-bond donors (Lipinski definition) is 2. The predicted octanol–water partition coefficient (Wildman–Crippen LogP) is 7.08. The molecule has 0 fully saturated rings. The van der Waals surface area contributed by atoms with E-state index in [1.807, 2.05) is 0 Å². The molecule has 0 amide bonds. The molecule has 26 heavy (non-hydrogen) atoms. The van der Waals surface area contributed by atoms with Gasteiger partial charge in [-0.15, -0.1) is 0 Å². The molecule has 1 unspecified atom stereocenters. The minimum Gasteiger partial charge on any atom is -0.481 e. The second kappa shape index (κ2) is 20.7. The van der Waals surface area contributed by atoms with Crippen molar-refractivity contribution in [3.05, 3.63) is 0 Å². The Morgan fingerprint density at radius 3 is 1.38 bits per heavy atom.